The van der Waals surface area contributed by atoms with Crippen LogP contribution in [0.3, 0.4) is 0 Å². The van der Waals surface area contributed by atoms with Gasteiger partial charge in [-0.2, -0.15) is 0 Å². The maximum Gasteiger partial charge on any atom is 0.146 e. The van der Waals surface area contributed by atoms with Crippen LogP contribution in [-0.4, -0.2) is 25.6 Å². The Morgan fingerprint density at radius 2 is 1.88 bits per heavy atom. The van der Waals surface area contributed by atoms with Crippen LogP contribution in [0.15, 0.2) is 42.9 Å². The molecule has 0 radical (unpaired) electrons. The van der Waals surface area contributed by atoms with Gasteiger partial charge in [0.1, 0.15) is 17.8 Å². The summed E-state index contributed by atoms with van der Waals surface area (Å²) < 4.78 is 2.28. The van der Waals surface area contributed by atoms with Gasteiger partial charge in [-0.25, -0.2) is 9.97 Å². The molecule has 0 unspecified atom stereocenters. The van der Waals surface area contributed by atoms with Crippen molar-refractivity contribution < 1.29 is 0 Å². The number of hydrogen-bond acceptors (Lipinski definition) is 4. The first kappa shape index (κ1) is 15.4. The molecule has 5 N–H and O–H groups in total. The molecular weight excluding hydrogens is 324 g/mol. The Hall–Kier alpha value is -2.86. The number of nitrogens with one attached hydrogen (secondary N) is 1. The standard InChI is InChI=1S/C20H22N6/c21-13-5-7-14(8-6-13)26-10-15(18-19(22)23-11-24-20(18)26)17-9-12-3-1-2-4-16(12)25-17/h1-4,9-11,13-14,25H,5-8,21H2,(H2,22,23,24). The third-order valence-electron chi connectivity index (χ3n) is 5.59. The number of rotatable bonds is 2. The minimum Gasteiger partial charge on any atom is -0.383 e. The summed E-state index contributed by atoms with van der Waals surface area (Å²) in [5.74, 6) is 0.523. The summed E-state index contributed by atoms with van der Waals surface area (Å²) in [7, 11) is 0. The molecule has 1 saturated carbocycles. The number of nitrogens with zero attached hydrogens (tertiary/aromatic N) is 3. The van der Waals surface area contributed by atoms with Gasteiger partial charge in [-0.15, -0.1) is 0 Å². The van der Waals surface area contributed by atoms with Crippen molar-refractivity contribution in [2.75, 3.05) is 5.73 Å². The SMILES string of the molecule is Nc1ncnc2c1c(-c1cc3ccccc3[nH]1)cn2C1CCC(N)CC1. The monoisotopic (exact) mass is 346 g/mol. The molecule has 0 amide bonds. The first-order valence-corrected chi connectivity index (χ1v) is 9.15. The van der Waals surface area contributed by atoms with Crippen LogP contribution in [-0.2, 0) is 0 Å². The highest BCUT2D eigenvalue weighted by atomic mass is 15.1. The van der Waals surface area contributed by atoms with Crippen LogP contribution in [0.2, 0.25) is 0 Å². The lowest BCUT2D eigenvalue weighted by Crippen LogP contribution is -2.27. The summed E-state index contributed by atoms with van der Waals surface area (Å²) in [5, 5.41) is 2.11. The molecular formula is C20H22N6. The first-order valence-electron chi connectivity index (χ1n) is 9.15. The Bertz CT molecular complexity index is 1050. The summed E-state index contributed by atoms with van der Waals surface area (Å²) in [6.07, 6.45) is 7.97. The Labute approximate surface area is 151 Å². The Morgan fingerprint density at radius 1 is 1.08 bits per heavy atom. The molecule has 4 aromatic rings. The zero-order valence-electron chi connectivity index (χ0n) is 14.5. The molecule has 1 fully saturated rings. The van der Waals surface area contributed by atoms with E-state index in [0.717, 1.165) is 53.5 Å². The Balaban J connectivity index is 1.70. The van der Waals surface area contributed by atoms with Crippen molar-refractivity contribution >= 4 is 27.8 Å². The van der Waals surface area contributed by atoms with Crippen LogP contribution in [0.1, 0.15) is 31.7 Å². The largest absolute Gasteiger partial charge is 0.383 e. The van der Waals surface area contributed by atoms with Gasteiger partial charge in [0.05, 0.1) is 5.39 Å². The molecule has 3 aromatic heterocycles. The van der Waals surface area contributed by atoms with E-state index in [1.165, 1.54) is 5.39 Å². The molecule has 0 bridgehead atoms. The van der Waals surface area contributed by atoms with Gasteiger partial charge < -0.3 is 21.0 Å². The number of nitrogens with two attached hydrogens (primary N) is 2. The van der Waals surface area contributed by atoms with E-state index in [4.69, 9.17) is 11.5 Å². The fourth-order valence-corrected chi connectivity index (χ4v) is 4.19. The van der Waals surface area contributed by atoms with Crippen molar-refractivity contribution in [3.63, 3.8) is 0 Å². The fourth-order valence-electron chi connectivity index (χ4n) is 4.19. The Kier molecular flexibility index (Phi) is 3.46. The molecule has 5 rings (SSSR count). The first-order chi connectivity index (χ1) is 12.7. The number of hydrogen-bond donors (Lipinski definition) is 3. The highest BCUT2D eigenvalue weighted by Crippen LogP contribution is 2.38. The zero-order valence-corrected chi connectivity index (χ0v) is 14.5. The van der Waals surface area contributed by atoms with Gasteiger partial charge >= 0.3 is 0 Å². The molecule has 6 heteroatoms. The minimum atomic E-state index is 0.320. The normalized spacial score (nSPS) is 20.8. The van der Waals surface area contributed by atoms with Crippen LogP contribution < -0.4 is 11.5 Å². The molecule has 1 aliphatic rings. The van der Waals surface area contributed by atoms with Gasteiger partial charge in [0.25, 0.3) is 0 Å². The molecule has 0 spiro atoms. The lowest BCUT2D eigenvalue weighted by molar-refractivity contribution is 0.329. The number of anilines is 1. The number of para-hydroxylation sites is 1. The second-order valence-electron chi connectivity index (χ2n) is 7.25. The quantitative estimate of drug-likeness (QED) is 0.516. The van der Waals surface area contributed by atoms with E-state index < -0.39 is 0 Å². The molecule has 1 aliphatic carbocycles. The van der Waals surface area contributed by atoms with E-state index in [9.17, 15) is 0 Å². The van der Waals surface area contributed by atoms with Gasteiger partial charge in [-0.1, -0.05) is 18.2 Å². The Morgan fingerprint density at radius 3 is 2.69 bits per heavy atom. The van der Waals surface area contributed by atoms with Gasteiger partial charge in [0.2, 0.25) is 0 Å². The van der Waals surface area contributed by atoms with E-state index in [1.54, 1.807) is 6.33 Å². The summed E-state index contributed by atoms with van der Waals surface area (Å²) >= 11 is 0. The van der Waals surface area contributed by atoms with Crippen molar-refractivity contribution in [3.8, 4) is 11.3 Å². The van der Waals surface area contributed by atoms with Crippen molar-refractivity contribution in [1.82, 2.24) is 19.5 Å². The van der Waals surface area contributed by atoms with Crippen molar-refractivity contribution in [2.45, 2.75) is 37.8 Å². The van der Waals surface area contributed by atoms with E-state index in [-0.39, 0.29) is 0 Å². The average molecular weight is 346 g/mol. The highest BCUT2D eigenvalue weighted by Gasteiger charge is 2.24. The molecule has 1 aromatic carbocycles. The summed E-state index contributed by atoms with van der Waals surface area (Å²) in [6.45, 7) is 0. The average Bonchev–Trinajstić information content (AvgIpc) is 3.24. The number of nitrogen functional groups attached to an aromatic ring is 1. The molecule has 3 heterocycles. The van der Waals surface area contributed by atoms with Crippen molar-refractivity contribution in [2.24, 2.45) is 5.73 Å². The summed E-state index contributed by atoms with van der Waals surface area (Å²) in [5.41, 5.74) is 16.5. The van der Waals surface area contributed by atoms with E-state index in [2.05, 4.69) is 43.9 Å². The maximum atomic E-state index is 6.26. The van der Waals surface area contributed by atoms with E-state index in [1.807, 2.05) is 12.1 Å². The van der Waals surface area contributed by atoms with Crippen molar-refractivity contribution in [1.29, 1.82) is 0 Å². The number of H-pyrrole nitrogens is 1. The third-order valence-corrected chi connectivity index (χ3v) is 5.59. The molecule has 6 nitrogen and oxygen atoms in total. The maximum absolute atomic E-state index is 6.26. The van der Waals surface area contributed by atoms with Crippen LogP contribution in [0.5, 0.6) is 0 Å². The number of benzene rings is 1. The second-order valence-corrected chi connectivity index (χ2v) is 7.25. The van der Waals surface area contributed by atoms with Crippen LogP contribution >= 0.6 is 0 Å². The molecule has 0 atom stereocenters. The summed E-state index contributed by atoms with van der Waals surface area (Å²) in [4.78, 5) is 12.3. The molecule has 26 heavy (non-hydrogen) atoms. The van der Waals surface area contributed by atoms with Crippen LogP contribution in [0.25, 0.3) is 33.2 Å². The second kappa shape index (κ2) is 5.85. The van der Waals surface area contributed by atoms with Crippen LogP contribution in [0, 0.1) is 0 Å². The number of aromatic nitrogens is 4. The predicted octanol–water partition coefficient (Wildman–Crippen LogP) is 3.60. The van der Waals surface area contributed by atoms with Gasteiger partial charge in [0, 0.05) is 40.4 Å². The van der Waals surface area contributed by atoms with Gasteiger partial charge in [-0.05, 0) is 37.8 Å². The molecule has 132 valence electrons. The lowest BCUT2D eigenvalue weighted by Gasteiger charge is -2.27. The predicted molar refractivity (Wildman–Crippen MR) is 105 cm³/mol. The van der Waals surface area contributed by atoms with E-state index in [0.29, 0.717) is 17.9 Å². The lowest BCUT2D eigenvalue weighted by atomic mass is 9.92. The van der Waals surface area contributed by atoms with Crippen LogP contribution in [0.4, 0.5) is 5.82 Å². The van der Waals surface area contributed by atoms with Crippen molar-refractivity contribution in [3.05, 3.63) is 42.9 Å². The van der Waals surface area contributed by atoms with Gasteiger partial charge in [0.15, 0.2) is 0 Å². The minimum absolute atomic E-state index is 0.320. The summed E-state index contributed by atoms with van der Waals surface area (Å²) in [6, 6.07) is 11.2. The number of aromatic amines is 1. The topological polar surface area (TPSA) is 98.5 Å². The molecule has 0 aliphatic heterocycles. The fraction of sp³-hybridized carbons (Fsp3) is 0.300. The number of fused-ring (bicyclic) bond motifs is 2. The smallest absolute Gasteiger partial charge is 0.146 e. The highest BCUT2D eigenvalue weighted by molar-refractivity contribution is 6.02. The zero-order chi connectivity index (χ0) is 17.7. The van der Waals surface area contributed by atoms with E-state index >= 15 is 0 Å². The van der Waals surface area contributed by atoms with Gasteiger partial charge in [-0.3, -0.25) is 0 Å². The third kappa shape index (κ3) is 2.37. The molecule has 0 saturated heterocycles.